The molecule has 2 aromatic rings. The number of aliphatic imine (C=N–C) groups is 1. The molecule has 2 aliphatic rings. The van der Waals surface area contributed by atoms with Gasteiger partial charge in [0.1, 0.15) is 11.4 Å². The van der Waals surface area contributed by atoms with Crippen LogP contribution in [0.25, 0.3) is 6.08 Å². The van der Waals surface area contributed by atoms with Crippen LogP contribution in [0, 0.1) is 5.92 Å². The molecule has 0 radical (unpaired) electrons. The van der Waals surface area contributed by atoms with Crippen LogP contribution in [0.1, 0.15) is 66.9 Å². The molecule has 4 rings (SSSR count). The number of carboxylic acid groups (broad SMARTS) is 1. The van der Waals surface area contributed by atoms with Crippen LogP contribution in [-0.4, -0.2) is 45.7 Å². The molecule has 2 N–H and O–H groups in total. The molecule has 0 saturated heterocycles. The van der Waals surface area contributed by atoms with Gasteiger partial charge in [-0.15, -0.1) is 0 Å². The zero-order valence-electron chi connectivity index (χ0n) is 20.5. The van der Waals surface area contributed by atoms with E-state index in [0.717, 1.165) is 31.2 Å². The lowest BCUT2D eigenvalue weighted by molar-refractivity contribution is -0.136. The Kier molecular flexibility index (Phi) is 8.35. The van der Waals surface area contributed by atoms with Gasteiger partial charge in [0.05, 0.1) is 6.42 Å². The van der Waals surface area contributed by atoms with Gasteiger partial charge >= 0.3 is 5.97 Å². The minimum atomic E-state index is -0.969. The first-order chi connectivity index (χ1) is 17.7. The van der Waals surface area contributed by atoms with Crippen LogP contribution in [0.15, 0.2) is 53.7 Å². The minimum Gasteiger partial charge on any atom is -0.481 e. The van der Waals surface area contributed by atoms with Gasteiger partial charge in [-0.05, 0) is 61.7 Å². The monoisotopic (exact) mass is 541 g/mol. The van der Waals surface area contributed by atoms with Crippen molar-refractivity contribution >= 4 is 52.8 Å². The van der Waals surface area contributed by atoms with Gasteiger partial charge in [-0.2, -0.15) is 0 Å². The third-order valence-electron chi connectivity index (χ3n) is 6.98. The zero-order valence-corrected chi connectivity index (χ0v) is 22.1. The van der Waals surface area contributed by atoms with Crippen molar-refractivity contribution < 1.29 is 19.5 Å². The Morgan fingerprint density at radius 2 is 1.76 bits per heavy atom. The highest BCUT2D eigenvalue weighted by atomic mass is 35.5. The van der Waals surface area contributed by atoms with Crippen molar-refractivity contribution in [3.63, 3.8) is 0 Å². The van der Waals surface area contributed by atoms with Gasteiger partial charge in [-0.1, -0.05) is 54.6 Å². The summed E-state index contributed by atoms with van der Waals surface area (Å²) in [6, 6.07) is 11.9. The Balaban J connectivity index is 1.57. The van der Waals surface area contributed by atoms with Gasteiger partial charge in [0.25, 0.3) is 11.8 Å². The van der Waals surface area contributed by atoms with Crippen molar-refractivity contribution in [3.05, 3.63) is 75.4 Å². The molecule has 7 nitrogen and oxygen atoms in total. The fraction of sp³-hybridized carbons (Fsp3) is 0.357. The number of nitrogens with one attached hydrogen (secondary N) is 1. The number of carboxylic acids is 1. The molecular weight excluding hydrogens is 513 g/mol. The highest BCUT2D eigenvalue weighted by Crippen LogP contribution is 2.41. The van der Waals surface area contributed by atoms with E-state index >= 15 is 0 Å². The molecule has 1 aliphatic carbocycles. The number of halogens is 2. The summed E-state index contributed by atoms with van der Waals surface area (Å²) in [5.41, 5.74) is 1.44. The molecule has 37 heavy (non-hydrogen) atoms. The fourth-order valence-corrected chi connectivity index (χ4v) is 5.50. The Bertz CT molecular complexity index is 1230. The van der Waals surface area contributed by atoms with Crippen LogP contribution in [0.4, 0.5) is 0 Å². The number of carbonyl (C=O) groups excluding carboxylic acids is 2. The third kappa shape index (κ3) is 6.22. The first-order valence-electron chi connectivity index (χ1n) is 12.4. The van der Waals surface area contributed by atoms with Crippen LogP contribution < -0.4 is 5.32 Å². The number of benzene rings is 2. The van der Waals surface area contributed by atoms with Gasteiger partial charge in [0, 0.05) is 39.8 Å². The van der Waals surface area contributed by atoms with Crippen LogP contribution >= 0.6 is 23.2 Å². The largest absolute Gasteiger partial charge is 0.481 e. The summed E-state index contributed by atoms with van der Waals surface area (Å²) in [7, 11) is 0. The van der Waals surface area contributed by atoms with E-state index < -0.39 is 11.6 Å². The zero-order chi connectivity index (χ0) is 26.6. The SMILES string of the molecule is CC1(C2CCCCC2)N=C(c2cc(Cl)cc(Cl)c2)C(=O)N1/C=C/c1ccc(C(=O)NCCC(=O)O)cc1. The van der Waals surface area contributed by atoms with Crippen molar-refractivity contribution in [2.45, 2.75) is 51.1 Å². The van der Waals surface area contributed by atoms with E-state index in [1.807, 2.05) is 13.0 Å². The molecule has 2 aromatic carbocycles. The van der Waals surface area contributed by atoms with E-state index in [4.69, 9.17) is 33.3 Å². The average Bonchev–Trinajstić information content (AvgIpc) is 3.13. The Labute approximate surface area is 226 Å². The molecule has 1 fully saturated rings. The van der Waals surface area contributed by atoms with Crippen LogP contribution in [0.5, 0.6) is 0 Å². The van der Waals surface area contributed by atoms with Crippen molar-refractivity contribution in [1.29, 1.82) is 0 Å². The maximum absolute atomic E-state index is 13.7. The molecule has 1 atom stereocenters. The Hall–Kier alpha value is -3.16. The number of hydrogen-bond donors (Lipinski definition) is 2. The van der Waals surface area contributed by atoms with Crippen molar-refractivity contribution in [2.75, 3.05) is 6.54 Å². The first-order valence-corrected chi connectivity index (χ1v) is 13.1. The smallest absolute Gasteiger partial charge is 0.305 e. The van der Waals surface area contributed by atoms with Crippen molar-refractivity contribution in [3.8, 4) is 0 Å². The van der Waals surface area contributed by atoms with Crippen molar-refractivity contribution in [2.24, 2.45) is 10.9 Å². The van der Waals surface area contributed by atoms with E-state index in [0.29, 0.717) is 26.9 Å². The van der Waals surface area contributed by atoms with Gasteiger partial charge in [0.2, 0.25) is 0 Å². The third-order valence-corrected chi connectivity index (χ3v) is 7.41. The molecular formula is C28H29Cl2N3O4. The quantitative estimate of drug-likeness (QED) is 0.441. The summed E-state index contributed by atoms with van der Waals surface area (Å²) in [5.74, 6) is -1.30. The second-order valence-corrected chi connectivity index (χ2v) is 10.4. The lowest BCUT2D eigenvalue weighted by Crippen LogP contribution is -2.47. The molecule has 0 aromatic heterocycles. The normalized spacial score (nSPS) is 20.4. The molecule has 1 aliphatic heterocycles. The van der Waals surface area contributed by atoms with E-state index in [-0.39, 0.29) is 30.7 Å². The van der Waals surface area contributed by atoms with Crippen LogP contribution in [0.2, 0.25) is 10.0 Å². The van der Waals surface area contributed by atoms with E-state index in [9.17, 15) is 14.4 Å². The predicted molar refractivity (Wildman–Crippen MR) is 145 cm³/mol. The van der Waals surface area contributed by atoms with Crippen LogP contribution in [0.3, 0.4) is 0 Å². The standard InChI is InChI=1S/C28H29Cl2N3O4/c1-28(21-5-3-2-4-6-21)32-25(20-15-22(29)17-23(30)16-20)27(37)33(28)14-12-18-7-9-19(10-8-18)26(36)31-13-11-24(34)35/h7-10,12,14-17,21H,2-6,11,13H2,1H3,(H,31,36)(H,34,35)/b14-12+. The lowest BCUT2D eigenvalue weighted by Gasteiger charge is -2.39. The highest BCUT2D eigenvalue weighted by Gasteiger charge is 2.48. The minimum absolute atomic E-state index is 0.0623. The van der Waals surface area contributed by atoms with Gasteiger partial charge < -0.3 is 10.4 Å². The molecule has 1 heterocycles. The molecule has 194 valence electrons. The topological polar surface area (TPSA) is 99.1 Å². The molecule has 0 spiro atoms. The molecule has 1 unspecified atom stereocenters. The number of rotatable bonds is 8. The van der Waals surface area contributed by atoms with Gasteiger partial charge in [-0.3, -0.25) is 24.3 Å². The summed E-state index contributed by atoms with van der Waals surface area (Å²) in [6.45, 7) is 2.07. The molecule has 2 amide bonds. The first kappa shape index (κ1) is 26.9. The second-order valence-electron chi connectivity index (χ2n) is 9.56. The number of nitrogens with zero attached hydrogens (tertiary/aromatic N) is 2. The maximum atomic E-state index is 13.7. The summed E-state index contributed by atoms with van der Waals surface area (Å²) in [6.07, 6.45) is 8.84. The second kappa shape index (κ2) is 11.5. The number of amides is 2. The number of hydrogen-bond acceptors (Lipinski definition) is 4. The van der Waals surface area contributed by atoms with Crippen LogP contribution in [-0.2, 0) is 9.59 Å². The van der Waals surface area contributed by atoms with E-state index in [1.54, 1.807) is 53.6 Å². The Morgan fingerprint density at radius 1 is 1.11 bits per heavy atom. The van der Waals surface area contributed by atoms with Gasteiger partial charge in [-0.25, -0.2) is 0 Å². The average molecular weight is 542 g/mol. The maximum Gasteiger partial charge on any atom is 0.305 e. The fourth-order valence-electron chi connectivity index (χ4n) is 4.97. The lowest BCUT2D eigenvalue weighted by atomic mass is 9.80. The molecule has 0 bridgehead atoms. The highest BCUT2D eigenvalue weighted by molar-refractivity contribution is 6.48. The number of aliphatic carboxylic acids is 1. The summed E-state index contributed by atoms with van der Waals surface area (Å²) < 4.78 is 0. The summed E-state index contributed by atoms with van der Waals surface area (Å²) in [4.78, 5) is 43.2. The molecule has 1 saturated carbocycles. The van der Waals surface area contributed by atoms with Crippen molar-refractivity contribution in [1.82, 2.24) is 10.2 Å². The van der Waals surface area contributed by atoms with E-state index in [1.165, 1.54) is 6.42 Å². The Morgan fingerprint density at radius 3 is 2.38 bits per heavy atom. The summed E-state index contributed by atoms with van der Waals surface area (Å²) >= 11 is 12.4. The number of carbonyl (C=O) groups is 3. The van der Waals surface area contributed by atoms with E-state index in [2.05, 4.69) is 5.32 Å². The van der Waals surface area contributed by atoms with Gasteiger partial charge in [0.15, 0.2) is 0 Å². The molecule has 9 heteroatoms. The predicted octanol–water partition coefficient (Wildman–Crippen LogP) is 5.80. The summed E-state index contributed by atoms with van der Waals surface area (Å²) in [5, 5.41) is 12.2.